The Morgan fingerprint density at radius 3 is 2.36 bits per heavy atom. The Bertz CT molecular complexity index is 860. The Morgan fingerprint density at radius 1 is 1.09 bits per heavy atom. The maximum absolute atomic E-state index is 14.7. The number of thiol groups is 1. The molecule has 0 aromatic heterocycles. The number of ketones is 1. The molecule has 1 aromatic rings. The van der Waals surface area contributed by atoms with Crippen molar-refractivity contribution in [1.82, 2.24) is 9.80 Å². The highest BCUT2D eigenvalue weighted by Gasteiger charge is 2.41. The smallest absolute Gasteiger partial charge is 0.317 e. The average Bonchev–Trinajstić information content (AvgIpc) is 3.58. The van der Waals surface area contributed by atoms with Crippen LogP contribution in [-0.2, 0) is 9.59 Å². The Morgan fingerprint density at radius 2 is 1.76 bits per heavy atom. The van der Waals surface area contributed by atoms with E-state index < -0.39 is 12.0 Å². The normalized spacial score (nSPS) is 24.5. The van der Waals surface area contributed by atoms with Crippen molar-refractivity contribution in [1.29, 1.82) is 0 Å². The summed E-state index contributed by atoms with van der Waals surface area (Å²) in [5, 5.41) is 9.13. The molecule has 1 saturated carbocycles. The SMILES string of the molecule is Cl.Cl.O=C(O)CN1CCC(/C=C2/CN(C(C(=O)C3CC3)c3ccccc3F)CCC2S)CC1. The molecule has 2 saturated heterocycles. The predicted molar refractivity (Wildman–Crippen MR) is 135 cm³/mol. The number of carboxylic acid groups (broad SMARTS) is 1. The minimum absolute atomic E-state index is 0. The quantitative estimate of drug-likeness (QED) is 0.413. The molecule has 2 unspecified atom stereocenters. The van der Waals surface area contributed by atoms with E-state index in [9.17, 15) is 14.0 Å². The van der Waals surface area contributed by atoms with E-state index in [0.717, 1.165) is 51.7 Å². The zero-order valence-electron chi connectivity index (χ0n) is 18.6. The minimum Gasteiger partial charge on any atom is -0.480 e. The Hall–Kier alpha value is -1.12. The van der Waals surface area contributed by atoms with Gasteiger partial charge in [-0.3, -0.25) is 19.4 Å². The van der Waals surface area contributed by atoms with Gasteiger partial charge in [-0.05, 0) is 62.8 Å². The summed E-state index contributed by atoms with van der Waals surface area (Å²) in [6.45, 7) is 3.00. The zero-order chi connectivity index (χ0) is 22.0. The summed E-state index contributed by atoms with van der Waals surface area (Å²) in [6, 6.07) is 6.12. The number of allylic oxidation sites excluding steroid dienone is 1. The molecule has 3 aliphatic rings. The number of likely N-dealkylation sites (tertiary alicyclic amines) is 2. The standard InChI is InChI=1S/C24H31FN2O3S.2ClH/c25-20-4-2-1-3-19(20)23(24(30)17-5-6-17)27-12-9-21(31)18(14-27)13-16-7-10-26(11-8-16)15-22(28)29;;/h1-4,13,16-17,21,23,31H,5-12,14-15H2,(H,28,29);2*1H/b18-13-;;. The van der Waals surface area contributed by atoms with Gasteiger partial charge in [0, 0.05) is 29.8 Å². The summed E-state index contributed by atoms with van der Waals surface area (Å²) >= 11 is 4.80. The van der Waals surface area contributed by atoms with Gasteiger partial charge >= 0.3 is 5.97 Å². The summed E-state index contributed by atoms with van der Waals surface area (Å²) < 4.78 is 14.7. The molecule has 2 atom stereocenters. The number of carbonyl (C=O) groups is 2. The molecule has 3 fully saturated rings. The second-order valence-corrected chi connectivity index (χ2v) is 9.75. The van der Waals surface area contributed by atoms with E-state index in [1.807, 2.05) is 4.90 Å². The lowest BCUT2D eigenvalue weighted by atomic mass is 9.89. The van der Waals surface area contributed by atoms with Crippen LogP contribution < -0.4 is 0 Å². The van der Waals surface area contributed by atoms with Gasteiger partial charge in [0.25, 0.3) is 0 Å². The van der Waals surface area contributed by atoms with Gasteiger partial charge in [0.1, 0.15) is 5.82 Å². The molecular weight excluding hydrogens is 486 g/mol. The van der Waals surface area contributed by atoms with Crippen molar-refractivity contribution in [2.45, 2.75) is 43.4 Å². The van der Waals surface area contributed by atoms with Crippen LogP contribution in [0.25, 0.3) is 0 Å². The second kappa shape index (κ2) is 12.5. The van der Waals surface area contributed by atoms with Crippen LogP contribution in [0, 0.1) is 17.7 Å². The molecule has 0 bridgehead atoms. The molecule has 0 spiro atoms. The van der Waals surface area contributed by atoms with E-state index in [1.54, 1.807) is 18.2 Å². The average molecular weight is 520 g/mol. The largest absolute Gasteiger partial charge is 0.480 e. The van der Waals surface area contributed by atoms with Crippen LogP contribution in [0.15, 0.2) is 35.9 Å². The maximum Gasteiger partial charge on any atom is 0.317 e. The van der Waals surface area contributed by atoms with Gasteiger partial charge in [0.05, 0.1) is 12.6 Å². The van der Waals surface area contributed by atoms with E-state index in [0.29, 0.717) is 18.0 Å². The van der Waals surface area contributed by atoms with Crippen LogP contribution >= 0.6 is 37.4 Å². The highest BCUT2D eigenvalue weighted by atomic mass is 35.5. The number of carboxylic acids is 1. The number of aliphatic carboxylic acids is 1. The lowest BCUT2D eigenvalue weighted by Crippen LogP contribution is -2.43. The second-order valence-electron chi connectivity index (χ2n) is 9.12. The first-order chi connectivity index (χ1) is 14.9. The molecule has 1 aromatic carbocycles. The molecule has 2 aliphatic heterocycles. The molecule has 2 heterocycles. The number of benzene rings is 1. The van der Waals surface area contributed by atoms with Crippen LogP contribution in [0.4, 0.5) is 4.39 Å². The summed E-state index contributed by atoms with van der Waals surface area (Å²) in [4.78, 5) is 28.2. The van der Waals surface area contributed by atoms with E-state index >= 15 is 0 Å². The zero-order valence-corrected chi connectivity index (χ0v) is 21.1. The third kappa shape index (κ3) is 7.18. The molecule has 1 aliphatic carbocycles. The van der Waals surface area contributed by atoms with Crippen LogP contribution in [0.5, 0.6) is 0 Å². The van der Waals surface area contributed by atoms with Gasteiger partial charge < -0.3 is 5.11 Å². The lowest BCUT2D eigenvalue weighted by Gasteiger charge is -2.38. The first kappa shape index (κ1) is 28.1. The highest BCUT2D eigenvalue weighted by molar-refractivity contribution is 7.81. The third-order valence-corrected chi connectivity index (χ3v) is 7.35. The van der Waals surface area contributed by atoms with Crippen molar-refractivity contribution in [3.63, 3.8) is 0 Å². The Balaban J connectivity index is 0.00000193. The van der Waals surface area contributed by atoms with E-state index in [4.69, 9.17) is 17.7 Å². The summed E-state index contributed by atoms with van der Waals surface area (Å²) in [5.74, 6) is -0.505. The number of carbonyl (C=O) groups excluding carboxylic acids is 1. The monoisotopic (exact) mass is 518 g/mol. The third-order valence-electron chi connectivity index (χ3n) is 6.76. The van der Waals surface area contributed by atoms with Crippen molar-refractivity contribution in [3.05, 3.63) is 47.3 Å². The first-order valence-corrected chi connectivity index (χ1v) is 11.8. The fraction of sp³-hybridized carbons (Fsp3) is 0.583. The molecule has 0 radical (unpaired) electrons. The van der Waals surface area contributed by atoms with Gasteiger partial charge in [-0.25, -0.2) is 4.39 Å². The number of hydrogen-bond acceptors (Lipinski definition) is 5. The van der Waals surface area contributed by atoms with Crippen LogP contribution in [0.3, 0.4) is 0 Å². The molecule has 5 nitrogen and oxygen atoms in total. The van der Waals surface area contributed by atoms with Crippen molar-refractivity contribution in [2.24, 2.45) is 11.8 Å². The van der Waals surface area contributed by atoms with Crippen LogP contribution in [0.1, 0.15) is 43.7 Å². The minimum atomic E-state index is -0.783. The number of piperidine rings is 2. The Kier molecular flexibility index (Phi) is 10.7. The number of hydrogen-bond donors (Lipinski definition) is 2. The van der Waals surface area contributed by atoms with E-state index in [-0.39, 0.29) is 54.1 Å². The molecule has 9 heteroatoms. The highest BCUT2D eigenvalue weighted by Crippen LogP contribution is 2.39. The molecule has 4 rings (SSSR count). The predicted octanol–water partition coefficient (Wildman–Crippen LogP) is 4.42. The molecule has 1 N–H and O–H groups in total. The fourth-order valence-electron chi connectivity index (χ4n) is 4.87. The van der Waals surface area contributed by atoms with Crippen LogP contribution in [0.2, 0.25) is 0 Å². The molecular formula is C24H33Cl2FN2O3S. The van der Waals surface area contributed by atoms with E-state index in [1.165, 1.54) is 11.6 Å². The van der Waals surface area contributed by atoms with Crippen molar-refractivity contribution < 1.29 is 19.1 Å². The number of rotatable bonds is 7. The topological polar surface area (TPSA) is 60.9 Å². The van der Waals surface area contributed by atoms with Crippen molar-refractivity contribution in [2.75, 3.05) is 32.7 Å². The van der Waals surface area contributed by atoms with Gasteiger partial charge in [-0.2, -0.15) is 12.6 Å². The number of nitrogens with zero attached hydrogens (tertiary/aromatic N) is 2. The maximum atomic E-state index is 14.7. The van der Waals surface area contributed by atoms with Gasteiger partial charge in [0.15, 0.2) is 5.78 Å². The fourth-order valence-corrected chi connectivity index (χ4v) is 5.15. The summed E-state index contributed by atoms with van der Waals surface area (Å²) in [7, 11) is 0. The van der Waals surface area contributed by atoms with E-state index in [2.05, 4.69) is 11.0 Å². The van der Waals surface area contributed by atoms with Crippen molar-refractivity contribution >= 4 is 49.2 Å². The number of Topliss-reactive ketones (excluding diaryl/α,β-unsaturated/α-hetero) is 1. The summed E-state index contributed by atoms with van der Waals surface area (Å²) in [6.07, 6.45) is 6.79. The van der Waals surface area contributed by atoms with Gasteiger partial charge in [0.2, 0.25) is 0 Å². The van der Waals surface area contributed by atoms with Crippen molar-refractivity contribution in [3.8, 4) is 0 Å². The van der Waals surface area contributed by atoms with Crippen LogP contribution in [-0.4, -0.2) is 64.6 Å². The number of halogens is 3. The van der Waals surface area contributed by atoms with Gasteiger partial charge in [-0.15, -0.1) is 24.8 Å². The first-order valence-electron chi connectivity index (χ1n) is 11.3. The molecule has 0 amide bonds. The Labute approximate surface area is 213 Å². The lowest BCUT2D eigenvalue weighted by molar-refractivity contribution is -0.138. The van der Waals surface area contributed by atoms with Gasteiger partial charge in [-0.1, -0.05) is 24.3 Å². The summed E-state index contributed by atoms with van der Waals surface area (Å²) in [5.41, 5.74) is 1.69. The molecule has 184 valence electrons. The molecule has 33 heavy (non-hydrogen) atoms.